The molecule has 0 aliphatic heterocycles. The van der Waals surface area contributed by atoms with E-state index in [1.165, 1.54) is 0 Å². The van der Waals surface area contributed by atoms with Crippen LogP contribution in [0.5, 0.6) is 5.75 Å². The van der Waals surface area contributed by atoms with Gasteiger partial charge in [0.2, 0.25) is 5.95 Å². The average molecular weight is 330 g/mol. The van der Waals surface area contributed by atoms with Crippen LogP contribution in [0.3, 0.4) is 0 Å². The number of rotatable bonds is 3. The van der Waals surface area contributed by atoms with Gasteiger partial charge in [0.1, 0.15) is 5.75 Å². The van der Waals surface area contributed by atoms with E-state index in [2.05, 4.69) is 39.8 Å². The lowest BCUT2D eigenvalue weighted by atomic mass is 9.98. The molecule has 0 aliphatic rings. The van der Waals surface area contributed by atoms with Gasteiger partial charge in [0.05, 0.1) is 11.2 Å². The van der Waals surface area contributed by atoms with Crippen LogP contribution in [0, 0.1) is 0 Å². The highest BCUT2D eigenvalue weighted by Crippen LogP contribution is 2.38. The highest BCUT2D eigenvalue weighted by Gasteiger charge is 2.17. The van der Waals surface area contributed by atoms with Crippen LogP contribution in [-0.2, 0) is 6.54 Å². The summed E-state index contributed by atoms with van der Waals surface area (Å²) in [5.41, 5.74) is 10.1. The van der Waals surface area contributed by atoms with Gasteiger partial charge in [-0.05, 0) is 25.1 Å². The van der Waals surface area contributed by atoms with Crippen LogP contribution in [0.15, 0.2) is 60.9 Å². The SMILES string of the molecule is CCn1ccc2cccc(-c3cnc(N)nc3-c3ccccc3O)c21. The van der Waals surface area contributed by atoms with Crippen molar-refractivity contribution in [3.8, 4) is 28.1 Å². The Morgan fingerprint density at radius 1 is 1.00 bits per heavy atom. The molecule has 5 heteroatoms. The normalized spacial score (nSPS) is 11.1. The van der Waals surface area contributed by atoms with Crippen molar-refractivity contribution in [1.82, 2.24) is 14.5 Å². The van der Waals surface area contributed by atoms with Crippen LogP contribution in [0.25, 0.3) is 33.3 Å². The van der Waals surface area contributed by atoms with Gasteiger partial charge in [-0.15, -0.1) is 0 Å². The van der Waals surface area contributed by atoms with Gasteiger partial charge in [-0.25, -0.2) is 9.97 Å². The van der Waals surface area contributed by atoms with E-state index in [9.17, 15) is 5.11 Å². The molecule has 0 unspecified atom stereocenters. The zero-order valence-electron chi connectivity index (χ0n) is 13.8. The number of benzene rings is 2. The zero-order valence-corrected chi connectivity index (χ0v) is 13.8. The number of para-hydroxylation sites is 2. The molecule has 25 heavy (non-hydrogen) atoms. The molecule has 3 N–H and O–H groups in total. The van der Waals surface area contributed by atoms with E-state index in [1.54, 1.807) is 18.3 Å². The number of aromatic nitrogens is 3. The monoisotopic (exact) mass is 330 g/mol. The first-order valence-corrected chi connectivity index (χ1v) is 8.18. The Hall–Kier alpha value is -3.34. The second-order valence-corrected chi connectivity index (χ2v) is 5.85. The molecule has 2 aromatic heterocycles. The average Bonchev–Trinajstić information content (AvgIpc) is 3.05. The molecular formula is C20H18N4O. The van der Waals surface area contributed by atoms with E-state index in [4.69, 9.17) is 5.73 Å². The molecule has 0 radical (unpaired) electrons. The van der Waals surface area contributed by atoms with Gasteiger partial charge in [-0.3, -0.25) is 0 Å². The fraction of sp³-hybridized carbons (Fsp3) is 0.100. The number of aryl methyl sites for hydroxylation is 1. The Morgan fingerprint density at radius 3 is 2.60 bits per heavy atom. The quantitative estimate of drug-likeness (QED) is 0.593. The molecular weight excluding hydrogens is 312 g/mol. The summed E-state index contributed by atoms with van der Waals surface area (Å²) < 4.78 is 2.19. The van der Waals surface area contributed by atoms with Crippen LogP contribution < -0.4 is 5.73 Å². The van der Waals surface area contributed by atoms with Gasteiger partial charge < -0.3 is 15.4 Å². The minimum Gasteiger partial charge on any atom is -0.507 e. The molecule has 4 rings (SSSR count). The van der Waals surface area contributed by atoms with E-state index in [-0.39, 0.29) is 11.7 Å². The standard InChI is InChI=1S/C20H18N4O/c1-2-24-11-10-13-6-5-8-14(19(13)24)16-12-22-20(21)23-18(16)15-7-3-4-9-17(15)25/h3-12,25H,2H2,1H3,(H2,21,22,23). The Morgan fingerprint density at radius 2 is 1.80 bits per heavy atom. The van der Waals surface area contributed by atoms with Gasteiger partial charge in [-0.1, -0.05) is 30.3 Å². The Balaban J connectivity index is 2.05. The van der Waals surface area contributed by atoms with Crippen molar-refractivity contribution in [2.24, 2.45) is 0 Å². The van der Waals surface area contributed by atoms with Crippen LogP contribution in [-0.4, -0.2) is 19.6 Å². The molecule has 4 aromatic rings. The maximum absolute atomic E-state index is 10.3. The summed E-state index contributed by atoms with van der Waals surface area (Å²) in [5.74, 6) is 0.347. The summed E-state index contributed by atoms with van der Waals surface area (Å²) in [4.78, 5) is 8.62. The minimum atomic E-state index is 0.167. The van der Waals surface area contributed by atoms with E-state index >= 15 is 0 Å². The minimum absolute atomic E-state index is 0.167. The van der Waals surface area contributed by atoms with Crippen molar-refractivity contribution in [3.05, 3.63) is 60.9 Å². The highest BCUT2D eigenvalue weighted by molar-refractivity contribution is 5.98. The van der Waals surface area contributed by atoms with Crippen LogP contribution in [0.4, 0.5) is 5.95 Å². The molecule has 0 saturated heterocycles. The Bertz CT molecular complexity index is 1070. The van der Waals surface area contributed by atoms with Crippen molar-refractivity contribution in [2.45, 2.75) is 13.5 Å². The third-order valence-corrected chi connectivity index (χ3v) is 4.39. The number of nitrogens with zero attached hydrogens (tertiary/aromatic N) is 3. The number of nitrogen functional groups attached to an aromatic ring is 1. The first-order valence-electron chi connectivity index (χ1n) is 8.18. The summed E-state index contributed by atoms with van der Waals surface area (Å²) in [6, 6.07) is 15.4. The van der Waals surface area contributed by atoms with Crippen LogP contribution in [0.1, 0.15) is 6.92 Å². The number of nitrogens with two attached hydrogens (primary N) is 1. The second kappa shape index (κ2) is 5.94. The van der Waals surface area contributed by atoms with E-state index in [1.807, 2.05) is 24.3 Å². The predicted octanol–water partition coefficient (Wildman–Crippen LogP) is 4.07. The molecule has 2 heterocycles. The summed E-state index contributed by atoms with van der Waals surface area (Å²) >= 11 is 0. The third-order valence-electron chi connectivity index (χ3n) is 4.39. The molecule has 0 amide bonds. The van der Waals surface area contributed by atoms with Crippen LogP contribution in [0.2, 0.25) is 0 Å². The molecule has 2 aromatic carbocycles. The fourth-order valence-electron chi connectivity index (χ4n) is 3.21. The molecule has 0 spiro atoms. The van der Waals surface area contributed by atoms with Gasteiger partial charge in [0, 0.05) is 41.0 Å². The van der Waals surface area contributed by atoms with Crippen molar-refractivity contribution in [3.63, 3.8) is 0 Å². The van der Waals surface area contributed by atoms with Crippen molar-refractivity contribution in [1.29, 1.82) is 0 Å². The maximum Gasteiger partial charge on any atom is 0.220 e. The Labute approximate surface area is 145 Å². The predicted molar refractivity (Wildman–Crippen MR) is 100 cm³/mol. The number of anilines is 1. The molecule has 124 valence electrons. The lowest BCUT2D eigenvalue weighted by molar-refractivity contribution is 0.477. The number of aromatic hydroxyl groups is 1. The zero-order chi connectivity index (χ0) is 17.4. The molecule has 0 aliphatic carbocycles. The topological polar surface area (TPSA) is 77.0 Å². The first kappa shape index (κ1) is 15.2. The van der Waals surface area contributed by atoms with Crippen molar-refractivity contribution < 1.29 is 5.11 Å². The summed E-state index contributed by atoms with van der Waals surface area (Å²) in [5, 5.41) is 11.4. The molecule has 0 fully saturated rings. The van der Waals surface area contributed by atoms with Crippen molar-refractivity contribution in [2.75, 3.05) is 5.73 Å². The third kappa shape index (κ3) is 2.50. The molecule has 0 bridgehead atoms. The second-order valence-electron chi connectivity index (χ2n) is 5.85. The highest BCUT2D eigenvalue weighted by atomic mass is 16.3. The van der Waals surface area contributed by atoms with Crippen LogP contribution >= 0.6 is 0 Å². The number of fused-ring (bicyclic) bond motifs is 1. The van der Waals surface area contributed by atoms with Gasteiger partial charge in [0.15, 0.2) is 0 Å². The number of phenols is 1. The van der Waals surface area contributed by atoms with E-state index < -0.39 is 0 Å². The van der Waals surface area contributed by atoms with Crippen molar-refractivity contribution >= 4 is 16.9 Å². The Kier molecular flexibility index (Phi) is 3.61. The van der Waals surface area contributed by atoms with Gasteiger partial charge in [-0.2, -0.15) is 0 Å². The fourth-order valence-corrected chi connectivity index (χ4v) is 3.21. The van der Waals surface area contributed by atoms with Gasteiger partial charge >= 0.3 is 0 Å². The van der Waals surface area contributed by atoms with E-state index in [0.717, 1.165) is 28.6 Å². The number of hydrogen-bond acceptors (Lipinski definition) is 4. The number of phenolic OH excluding ortho intramolecular Hbond substituents is 1. The summed E-state index contributed by atoms with van der Waals surface area (Å²) in [7, 11) is 0. The summed E-state index contributed by atoms with van der Waals surface area (Å²) in [6.07, 6.45) is 3.80. The lowest BCUT2D eigenvalue weighted by Gasteiger charge is -2.13. The molecule has 0 saturated carbocycles. The maximum atomic E-state index is 10.3. The first-order chi connectivity index (χ1) is 12.2. The molecule has 0 atom stereocenters. The largest absolute Gasteiger partial charge is 0.507 e. The number of hydrogen-bond donors (Lipinski definition) is 2. The molecule has 5 nitrogen and oxygen atoms in total. The lowest BCUT2D eigenvalue weighted by Crippen LogP contribution is -2.00. The smallest absolute Gasteiger partial charge is 0.220 e. The summed E-state index contributed by atoms with van der Waals surface area (Å²) in [6.45, 7) is 2.97. The van der Waals surface area contributed by atoms with E-state index in [0.29, 0.717) is 11.3 Å². The van der Waals surface area contributed by atoms with Gasteiger partial charge in [0.25, 0.3) is 0 Å².